The number of nitrogens with zero attached hydrogens (tertiary/aromatic N) is 3. The van der Waals surface area contributed by atoms with E-state index in [2.05, 4.69) is 15.7 Å². The van der Waals surface area contributed by atoms with Crippen molar-refractivity contribution in [3.8, 4) is 0 Å². The van der Waals surface area contributed by atoms with Gasteiger partial charge in [0.25, 0.3) is 0 Å². The Morgan fingerprint density at radius 1 is 1.20 bits per heavy atom. The Labute approximate surface area is 151 Å². The first-order chi connectivity index (χ1) is 11.9. The predicted octanol–water partition coefficient (Wildman–Crippen LogP) is 1.96. The monoisotopic (exact) mass is 361 g/mol. The van der Waals surface area contributed by atoms with Gasteiger partial charge in [-0.15, -0.1) is 11.8 Å². The molecule has 1 aromatic heterocycles. The third kappa shape index (κ3) is 5.61. The first kappa shape index (κ1) is 19.0. The highest BCUT2D eigenvalue weighted by atomic mass is 32.2. The van der Waals surface area contributed by atoms with E-state index in [4.69, 9.17) is 0 Å². The molecule has 1 heterocycles. The van der Waals surface area contributed by atoms with E-state index < -0.39 is 0 Å². The minimum atomic E-state index is -0.192. The van der Waals surface area contributed by atoms with Crippen LogP contribution in [0.4, 0.5) is 11.5 Å². The van der Waals surface area contributed by atoms with Crippen molar-refractivity contribution in [1.29, 1.82) is 0 Å². The Kier molecular flexibility index (Phi) is 6.60. The zero-order chi connectivity index (χ0) is 18.4. The number of hydrogen-bond acceptors (Lipinski definition) is 5. The molecule has 0 aliphatic carbocycles. The number of carbonyl (C=O) groups is 2. The smallest absolute Gasteiger partial charge is 0.239 e. The lowest BCUT2D eigenvalue weighted by molar-refractivity contribution is -0.119. The number of para-hydroxylation sites is 1. The molecular weight excluding hydrogens is 338 g/mol. The van der Waals surface area contributed by atoms with Crippen LogP contribution in [-0.2, 0) is 16.6 Å². The van der Waals surface area contributed by atoms with Crippen LogP contribution in [0.5, 0.6) is 0 Å². The van der Waals surface area contributed by atoms with Gasteiger partial charge in [0.2, 0.25) is 11.8 Å². The van der Waals surface area contributed by atoms with Gasteiger partial charge in [-0.05, 0) is 32.4 Å². The van der Waals surface area contributed by atoms with Gasteiger partial charge in [-0.3, -0.25) is 19.2 Å². The van der Waals surface area contributed by atoms with Gasteiger partial charge < -0.3 is 10.6 Å². The predicted molar refractivity (Wildman–Crippen MR) is 101 cm³/mol. The number of nitrogens with one attached hydrogen (secondary N) is 2. The summed E-state index contributed by atoms with van der Waals surface area (Å²) in [5.74, 6) is 0.283. The molecule has 2 N–H and O–H groups in total. The number of hydrogen-bond donors (Lipinski definition) is 2. The maximum atomic E-state index is 12.2. The van der Waals surface area contributed by atoms with E-state index in [1.54, 1.807) is 41.5 Å². The number of thioether (sulfide) groups is 1. The van der Waals surface area contributed by atoms with E-state index in [0.29, 0.717) is 5.82 Å². The molecule has 0 unspecified atom stereocenters. The Hall–Kier alpha value is -2.32. The van der Waals surface area contributed by atoms with Gasteiger partial charge in [0, 0.05) is 18.0 Å². The normalized spacial score (nSPS) is 10.8. The van der Waals surface area contributed by atoms with Crippen molar-refractivity contribution in [3.05, 3.63) is 36.0 Å². The molecule has 0 atom stereocenters. The summed E-state index contributed by atoms with van der Waals surface area (Å²) in [6.07, 6.45) is 1.96. The fraction of sp³-hybridized carbons (Fsp3) is 0.353. The molecule has 2 rings (SSSR count). The first-order valence-corrected chi connectivity index (χ1v) is 9.03. The number of benzene rings is 1. The van der Waals surface area contributed by atoms with E-state index in [1.807, 2.05) is 37.4 Å². The molecule has 7 nitrogen and oxygen atoms in total. The second-order valence-corrected chi connectivity index (χ2v) is 6.61. The van der Waals surface area contributed by atoms with Crippen LogP contribution in [0, 0.1) is 6.92 Å². The second-order valence-electron chi connectivity index (χ2n) is 5.76. The average molecular weight is 361 g/mol. The van der Waals surface area contributed by atoms with Crippen LogP contribution in [0.2, 0.25) is 0 Å². The average Bonchev–Trinajstić information content (AvgIpc) is 2.84. The summed E-state index contributed by atoms with van der Waals surface area (Å²) >= 11 is 1.57. The maximum absolute atomic E-state index is 12.2. The first-order valence-electron chi connectivity index (χ1n) is 7.81. The number of carbonyl (C=O) groups excluding carboxylic acids is 2. The summed E-state index contributed by atoms with van der Waals surface area (Å²) in [6, 6.07) is 9.42. The number of rotatable bonds is 7. The summed E-state index contributed by atoms with van der Waals surface area (Å²) in [6.45, 7) is 2.10. The van der Waals surface area contributed by atoms with Crippen molar-refractivity contribution in [3.63, 3.8) is 0 Å². The summed E-state index contributed by atoms with van der Waals surface area (Å²) in [5.41, 5.74) is 1.61. The van der Waals surface area contributed by atoms with Crippen LogP contribution in [0.3, 0.4) is 0 Å². The van der Waals surface area contributed by atoms with Crippen LogP contribution in [0.15, 0.2) is 35.2 Å². The number of amides is 2. The van der Waals surface area contributed by atoms with Gasteiger partial charge in [0.05, 0.1) is 24.5 Å². The Balaban J connectivity index is 1.84. The fourth-order valence-electron chi connectivity index (χ4n) is 2.39. The summed E-state index contributed by atoms with van der Waals surface area (Å²) in [7, 11) is 3.50. The van der Waals surface area contributed by atoms with Crippen LogP contribution in [-0.4, -0.2) is 52.9 Å². The van der Waals surface area contributed by atoms with E-state index in [0.717, 1.165) is 16.3 Å². The van der Waals surface area contributed by atoms with Crippen LogP contribution >= 0.6 is 11.8 Å². The third-order valence-electron chi connectivity index (χ3n) is 3.48. The van der Waals surface area contributed by atoms with E-state index >= 15 is 0 Å². The van der Waals surface area contributed by atoms with Gasteiger partial charge >= 0.3 is 0 Å². The standard InChI is InChI=1S/C17H23N5O2S/c1-12-9-15(22(3)20-12)19-17(24)11-21(2)10-16(23)18-13-7-5-6-8-14(13)25-4/h5-9H,10-11H2,1-4H3,(H,18,23)(H,19,24). The molecule has 134 valence electrons. The summed E-state index contributed by atoms with van der Waals surface area (Å²) < 4.78 is 1.61. The Bertz CT molecular complexity index is 759. The van der Waals surface area contributed by atoms with Crippen molar-refractivity contribution in [2.75, 3.05) is 37.0 Å². The SMILES string of the molecule is CSc1ccccc1NC(=O)CN(C)CC(=O)Nc1cc(C)nn1C. The molecule has 0 bridgehead atoms. The summed E-state index contributed by atoms with van der Waals surface area (Å²) in [5, 5.41) is 9.85. The van der Waals surface area contributed by atoms with Crippen LogP contribution < -0.4 is 10.6 Å². The quantitative estimate of drug-likeness (QED) is 0.737. The molecule has 0 fully saturated rings. The van der Waals surface area contributed by atoms with E-state index in [1.165, 1.54) is 0 Å². The number of aromatic nitrogens is 2. The molecule has 0 spiro atoms. The Morgan fingerprint density at radius 2 is 1.84 bits per heavy atom. The van der Waals surface area contributed by atoms with Crippen molar-refractivity contribution >= 4 is 35.1 Å². The number of aryl methyl sites for hydroxylation is 2. The van der Waals surface area contributed by atoms with Crippen LogP contribution in [0.25, 0.3) is 0 Å². The molecule has 8 heteroatoms. The lowest BCUT2D eigenvalue weighted by Crippen LogP contribution is -2.36. The largest absolute Gasteiger partial charge is 0.324 e. The molecule has 0 saturated carbocycles. The number of anilines is 2. The van der Waals surface area contributed by atoms with Crippen molar-refractivity contribution < 1.29 is 9.59 Å². The van der Waals surface area contributed by atoms with Gasteiger partial charge in [-0.1, -0.05) is 12.1 Å². The molecule has 0 radical (unpaired) electrons. The minimum Gasteiger partial charge on any atom is -0.324 e. The molecule has 0 aliphatic heterocycles. The van der Waals surface area contributed by atoms with Crippen molar-refractivity contribution in [2.45, 2.75) is 11.8 Å². The van der Waals surface area contributed by atoms with Gasteiger partial charge in [-0.2, -0.15) is 5.10 Å². The molecule has 2 amide bonds. The Morgan fingerprint density at radius 3 is 2.44 bits per heavy atom. The highest BCUT2D eigenvalue weighted by Gasteiger charge is 2.13. The maximum Gasteiger partial charge on any atom is 0.239 e. The van der Waals surface area contributed by atoms with Crippen LogP contribution in [0.1, 0.15) is 5.69 Å². The molecule has 2 aromatic rings. The molecule has 25 heavy (non-hydrogen) atoms. The lowest BCUT2D eigenvalue weighted by Gasteiger charge is -2.16. The van der Waals surface area contributed by atoms with Crippen molar-refractivity contribution in [1.82, 2.24) is 14.7 Å². The zero-order valence-corrected chi connectivity index (χ0v) is 15.7. The molecule has 0 saturated heterocycles. The third-order valence-corrected chi connectivity index (χ3v) is 4.27. The molecule has 0 aliphatic rings. The van der Waals surface area contributed by atoms with Crippen molar-refractivity contribution in [2.24, 2.45) is 7.05 Å². The molecular formula is C17H23N5O2S. The van der Waals surface area contributed by atoms with Gasteiger partial charge in [0.1, 0.15) is 5.82 Å². The fourth-order valence-corrected chi connectivity index (χ4v) is 2.95. The second kappa shape index (κ2) is 8.68. The summed E-state index contributed by atoms with van der Waals surface area (Å²) in [4.78, 5) is 26.9. The van der Waals surface area contributed by atoms with Gasteiger partial charge in [0.15, 0.2) is 0 Å². The zero-order valence-electron chi connectivity index (χ0n) is 14.9. The number of likely N-dealkylation sites (N-methyl/N-ethyl adjacent to an activating group) is 1. The molecule has 1 aromatic carbocycles. The van der Waals surface area contributed by atoms with E-state index in [9.17, 15) is 9.59 Å². The highest BCUT2D eigenvalue weighted by molar-refractivity contribution is 7.98. The van der Waals surface area contributed by atoms with E-state index in [-0.39, 0.29) is 24.9 Å². The highest BCUT2D eigenvalue weighted by Crippen LogP contribution is 2.24. The van der Waals surface area contributed by atoms with Gasteiger partial charge in [-0.25, -0.2) is 0 Å². The topological polar surface area (TPSA) is 79.3 Å². The lowest BCUT2D eigenvalue weighted by atomic mass is 10.3. The minimum absolute atomic E-state index is 0.113.